The Morgan fingerprint density at radius 2 is 1.52 bits per heavy atom. The molecule has 0 spiro atoms. The highest BCUT2D eigenvalue weighted by molar-refractivity contribution is 5.95. The Kier molecular flexibility index (Phi) is 5.80. The zero-order chi connectivity index (χ0) is 18.4. The molecule has 0 fully saturated rings. The minimum atomic E-state index is -0.461. The maximum absolute atomic E-state index is 12.0. The predicted molar refractivity (Wildman–Crippen MR) is 103 cm³/mol. The fourth-order valence-corrected chi connectivity index (χ4v) is 2.05. The molecule has 0 atom stereocenters. The summed E-state index contributed by atoms with van der Waals surface area (Å²) in [5.74, 6) is -0.185. The number of nitrogens with one attached hydrogen (secondary N) is 3. The molecule has 0 aromatic heterocycles. The number of hydrogen-bond acceptors (Lipinski definition) is 3. The van der Waals surface area contributed by atoms with Gasteiger partial charge in [-0.05, 0) is 37.3 Å². The van der Waals surface area contributed by atoms with Crippen LogP contribution in [0.1, 0.15) is 26.3 Å². The van der Waals surface area contributed by atoms with Crippen LogP contribution in [0.4, 0.5) is 17.1 Å². The summed E-state index contributed by atoms with van der Waals surface area (Å²) in [4.78, 5) is 24.1. The topological polar surface area (TPSA) is 70.2 Å². The summed E-state index contributed by atoms with van der Waals surface area (Å²) in [6.07, 6.45) is 0. The van der Waals surface area contributed by atoms with Gasteiger partial charge >= 0.3 is 0 Å². The lowest BCUT2D eigenvalue weighted by molar-refractivity contribution is -0.123. The van der Waals surface area contributed by atoms with Crippen LogP contribution in [0.2, 0.25) is 0 Å². The van der Waals surface area contributed by atoms with E-state index in [1.54, 1.807) is 0 Å². The molecule has 0 aliphatic heterocycles. The van der Waals surface area contributed by atoms with Crippen molar-refractivity contribution >= 4 is 28.9 Å². The van der Waals surface area contributed by atoms with Gasteiger partial charge in [0.2, 0.25) is 11.8 Å². The van der Waals surface area contributed by atoms with Crippen molar-refractivity contribution in [1.82, 2.24) is 0 Å². The summed E-state index contributed by atoms with van der Waals surface area (Å²) in [5.41, 5.74) is 2.92. The second-order valence-electron chi connectivity index (χ2n) is 7.05. The number of benzene rings is 2. The molecule has 0 aliphatic rings. The van der Waals surface area contributed by atoms with Crippen molar-refractivity contribution in [1.29, 1.82) is 0 Å². The number of anilines is 3. The smallest absolute Gasteiger partial charge is 0.243 e. The molecular weight excluding hydrogens is 314 g/mol. The monoisotopic (exact) mass is 339 g/mol. The Bertz CT molecular complexity index is 746. The first-order valence-electron chi connectivity index (χ1n) is 8.26. The van der Waals surface area contributed by atoms with Crippen LogP contribution in [0.25, 0.3) is 0 Å². The Hall–Kier alpha value is -2.82. The normalized spacial score (nSPS) is 10.9. The third kappa shape index (κ3) is 5.95. The van der Waals surface area contributed by atoms with Crippen molar-refractivity contribution in [2.45, 2.75) is 27.7 Å². The molecule has 0 radical (unpaired) electrons. The number of carbonyl (C=O) groups is 2. The predicted octanol–water partition coefficient (Wildman–Crippen LogP) is 4.03. The lowest BCUT2D eigenvalue weighted by Crippen LogP contribution is -2.27. The van der Waals surface area contributed by atoms with E-state index in [1.807, 2.05) is 76.2 Å². The fraction of sp³-hybridized carbons (Fsp3) is 0.300. The molecule has 3 N–H and O–H groups in total. The van der Waals surface area contributed by atoms with E-state index >= 15 is 0 Å². The maximum Gasteiger partial charge on any atom is 0.243 e. The van der Waals surface area contributed by atoms with Crippen LogP contribution < -0.4 is 16.0 Å². The highest BCUT2D eigenvalue weighted by Gasteiger charge is 2.21. The molecule has 2 aromatic rings. The number of carbonyl (C=O) groups excluding carboxylic acids is 2. The lowest BCUT2D eigenvalue weighted by Gasteiger charge is -2.18. The minimum Gasteiger partial charge on any atom is -0.376 e. The molecule has 2 aromatic carbocycles. The highest BCUT2D eigenvalue weighted by Crippen LogP contribution is 2.20. The standard InChI is InChI=1S/C20H25N3O2/c1-14-8-10-15(11-9-14)22-18(24)13-21-16-6-5-7-17(12-16)23-19(25)20(2,3)4/h5-12,21H,13H2,1-4H3,(H,22,24)(H,23,25). The Morgan fingerprint density at radius 3 is 2.16 bits per heavy atom. The van der Waals surface area contributed by atoms with Crippen LogP contribution in [0.15, 0.2) is 48.5 Å². The summed E-state index contributed by atoms with van der Waals surface area (Å²) < 4.78 is 0. The first-order chi connectivity index (χ1) is 11.7. The van der Waals surface area contributed by atoms with Crippen LogP contribution >= 0.6 is 0 Å². The van der Waals surface area contributed by atoms with Gasteiger partial charge in [-0.3, -0.25) is 9.59 Å². The van der Waals surface area contributed by atoms with Crippen molar-refractivity contribution < 1.29 is 9.59 Å². The molecule has 0 saturated carbocycles. The number of hydrogen-bond donors (Lipinski definition) is 3. The Morgan fingerprint density at radius 1 is 0.880 bits per heavy atom. The van der Waals surface area contributed by atoms with E-state index in [4.69, 9.17) is 0 Å². The average Bonchev–Trinajstić information content (AvgIpc) is 2.55. The molecule has 2 rings (SSSR count). The first kappa shape index (κ1) is 18.5. The molecule has 0 unspecified atom stereocenters. The summed E-state index contributed by atoms with van der Waals surface area (Å²) in [5, 5.41) is 8.78. The van der Waals surface area contributed by atoms with Gasteiger partial charge in [0.1, 0.15) is 0 Å². The fourth-order valence-electron chi connectivity index (χ4n) is 2.05. The maximum atomic E-state index is 12.0. The Labute approximate surface area is 148 Å². The third-order valence-electron chi connectivity index (χ3n) is 3.59. The van der Waals surface area contributed by atoms with E-state index in [0.29, 0.717) is 5.69 Å². The van der Waals surface area contributed by atoms with Crippen molar-refractivity contribution in [3.8, 4) is 0 Å². The van der Waals surface area contributed by atoms with E-state index in [9.17, 15) is 9.59 Å². The van der Waals surface area contributed by atoms with Crippen LogP contribution in [0, 0.1) is 12.3 Å². The second kappa shape index (κ2) is 7.83. The molecule has 0 aliphatic carbocycles. The van der Waals surface area contributed by atoms with E-state index in [0.717, 1.165) is 16.9 Å². The van der Waals surface area contributed by atoms with Gasteiger partial charge in [-0.15, -0.1) is 0 Å². The lowest BCUT2D eigenvalue weighted by atomic mass is 9.95. The van der Waals surface area contributed by atoms with Crippen molar-refractivity contribution in [2.24, 2.45) is 5.41 Å². The zero-order valence-electron chi connectivity index (χ0n) is 15.1. The molecular formula is C20H25N3O2. The van der Waals surface area contributed by atoms with Gasteiger partial charge in [0.25, 0.3) is 0 Å². The minimum absolute atomic E-state index is 0.0539. The van der Waals surface area contributed by atoms with E-state index < -0.39 is 5.41 Å². The zero-order valence-corrected chi connectivity index (χ0v) is 15.1. The number of rotatable bonds is 5. The molecule has 25 heavy (non-hydrogen) atoms. The summed E-state index contributed by atoms with van der Waals surface area (Å²) in [6, 6.07) is 15.0. The van der Waals surface area contributed by atoms with E-state index in [2.05, 4.69) is 16.0 Å². The molecule has 132 valence electrons. The molecule has 2 amide bonds. The van der Waals surface area contributed by atoms with Crippen molar-refractivity contribution in [2.75, 3.05) is 22.5 Å². The third-order valence-corrected chi connectivity index (χ3v) is 3.59. The summed E-state index contributed by atoms with van der Waals surface area (Å²) in [7, 11) is 0. The van der Waals surface area contributed by atoms with Gasteiger partial charge in [0.05, 0.1) is 6.54 Å². The van der Waals surface area contributed by atoms with Crippen LogP contribution in [0.3, 0.4) is 0 Å². The average molecular weight is 339 g/mol. The summed E-state index contributed by atoms with van der Waals surface area (Å²) >= 11 is 0. The first-order valence-corrected chi connectivity index (χ1v) is 8.26. The van der Waals surface area contributed by atoms with Crippen molar-refractivity contribution in [3.63, 3.8) is 0 Å². The van der Waals surface area contributed by atoms with E-state index in [1.165, 1.54) is 0 Å². The number of aryl methyl sites for hydroxylation is 1. The SMILES string of the molecule is Cc1ccc(NC(=O)CNc2cccc(NC(=O)C(C)(C)C)c2)cc1. The second-order valence-corrected chi connectivity index (χ2v) is 7.05. The van der Waals surface area contributed by atoms with Gasteiger partial charge in [-0.25, -0.2) is 0 Å². The molecule has 5 heteroatoms. The number of amides is 2. The van der Waals surface area contributed by atoms with Crippen molar-refractivity contribution in [3.05, 3.63) is 54.1 Å². The van der Waals surface area contributed by atoms with Crippen LogP contribution in [-0.4, -0.2) is 18.4 Å². The van der Waals surface area contributed by atoms with Gasteiger partial charge in [-0.2, -0.15) is 0 Å². The van der Waals surface area contributed by atoms with E-state index in [-0.39, 0.29) is 18.4 Å². The van der Waals surface area contributed by atoms with Gasteiger partial charge in [-0.1, -0.05) is 44.5 Å². The molecule has 0 heterocycles. The highest BCUT2D eigenvalue weighted by atomic mass is 16.2. The quantitative estimate of drug-likeness (QED) is 0.770. The van der Waals surface area contributed by atoms with Gasteiger partial charge in [0.15, 0.2) is 0 Å². The largest absolute Gasteiger partial charge is 0.376 e. The summed E-state index contributed by atoms with van der Waals surface area (Å²) in [6.45, 7) is 7.72. The molecule has 0 bridgehead atoms. The van der Waals surface area contributed by atoms with Crippen LogP contribution in [0.5, 0.6) is 0 Å². The van der Waals surface area contributed by atoms with Gasteiger partial charge < -0.3 is 16.0 Å². The molecule has 0 saturated heterocycles. The van der Waals surface area contributed by atoms with Crippen LogP contribution in [-0.2, 0) is 9.59 Å². The molecule has 5 nitrogen and oxygen atoms in total. The van der Waals surface area contributed by atoms with Gasteiger partial charge in [0, 0.05) is 22.5 Å². The Balaban J connectivity index is 1.90.